The van der Waals surface area contributed by atoms with Crippen LogP contribution in [0.1, 0.15) is 117 Å². The zero-order valence-electron chi connectivity index (χ0n) is 19.9. The fourth-order valence-electron chi connectivity index (χ4n) is 4.22. The third-order valence-corrected chi connectivity index (χ3v) is 6.14. The lowest BCUT2D eigenvalue weighted by molar-refractivity contribution is -0.190. The van der Waals surface area contributed by atoms with E-state index in [1.807, 2.05) is 0 Å². The number of ether oxygens (including phenoxy) is 2. The van der Waals surface area contributed by atoms with Crippen LogP contribution in [0.2, 0.25) is 0 Å². The Morgan fingerprint density at radius 2 is 1.55 bits per heavy atom. The minimum absolute atomic E-state index is 0.0609. The molecule has 1 fully saturated rings. The number of carbonyl (C=O) groups excluding carboxylic acids is 3. The van der Waals surface area contributed by atoms with Gasteiger partial charge in [-0.2, -0.15) is 0 Å². The second kappa shape index (κ2) is 18.0. The summed E-state index contributed by atoms with van der Waals surface area (Å²) < 4.78 is 11.0. The number of hydrogen-bond acceptors (Lipinski definition) is 5. The summed E-state index contributed by atoms with van der Waals surface area (Å²) in [6, 6.07) is 0. The molecule has 1 aliphatic rings. The van der Waals surface area contributed by atoms with Gasteiger partial charge in [-0.25, -0.2) is 0 Å². The topological polar surface area (TPSA) is 81.7 Å². The maximum atomic E-state index is 12.0. The van der Waals surface area contributed by atoms with Crippen molar-refractivity contribution in [1.29, 1.82) is 0 Å². The van der Waals surface area contributed by atoms with Crippen LogP contribution >= 0.6 is 0 Å². The molecule has 1 N–H and O–H groups in total. The molecule has 0 aliphatic carbocycles. The van der Waals surface area contributed by atoms with Crippen LogP contribution in [0, 0.1) is 5.92 Å². The number of carbonyl (C=O) groups is 3. The summed E-state index contributed by atoms with van der Waals surface area (Å²) in [5.74, 6) is -0.607. The van der Waals surface area contributed by atoms with Gasteiger partial charge >= 0.3 is 11.9 Å². The number of nitrogens with one attached hydrogen (secondary N) is 1. The first kappa shape index (κ1) is 27.4. The molecule has 3 atom stereocenters. The Balaban J connectivity index is 2.36. The molecule has 0 bridgehead atoms. The second-order valence-corrected chi connectivity index (χ2v) is 8.89. The standard InChI is InChI=1S/C25H45NO5/c1-3-5-7-9-10-11-12-13-14-16-21(30-24(28)19-26-20-27)18-23-22(25(29)31-23)17-15-8-6-4-2/h20-23H,3-19H2,1-2H3,(H,26,27)/t21?,22-,23+/m1/s1. The molecule has 31 heavy (non-hydrogen) atoms. The Morgan fingerprint density at radius 3 is 2.13 bits per heavy atom. The minimum Gasteiger partial charge on any atom is -0.461 e. The summed E-state index contributed by atoms with van der Waals surface area (Å²) >= 11 is 0. The average molecular weight is 440 g/mol. The van der Waals surface area contributed by atoms with Gasteiger partial charge in [-0.05, 0) is 19.3 Å². The monoisotopic (exact) mass is 439 g/mol. The molecule has 1 aliphatic heterocycles. The van der Waals surface area contributed by atoms with E-state index in [2.05, 4.69) is 19.2 Å². The van der Waals surface area contributed by atoms with Crippen molar-refractivity contribution >= 4 is 18.3 Å². The van der Waals surface area contributed by atoms with E-state index in [0.29, 0.717) is 12.8 Å². The second-order valence-electron chi connectivity index (χ2n) is 8.89. The molecule has 0 aromatic rings. The fourth-order valence-corrected chi connectivity index (χ4v) is 4.22. The Morgan fingerprint density at radius 1 is 0.968 bits per heavy atom. The zero-order chi connectivity index (χ0) is 22.7. The number of amides is 1. The van der Waals surface area contributed by atoms with Gasteiger partial charge < -0.3 is 14.8 Å². The van der Waals surface area contributed by atoms with Gasteiger partial charge in [-0.1, -0.05) is 90.9 Å². The predicted molar refractivity (Wildman–Crippen MR) is 123 cm³/mol. The Labute approximate surface area is 189 Å². The summed E-state index contributed by atoms with van der Waals surface area (Å²) in [7, 11) is 0. The number of unbranched alkanes of at least 4 members (excludes halogenated alkanes) is 11. The minimum atomic E-state index is -0.432. The zero-order valence-corrected chi connectivity index (χ0v) is 19.9. The van der Waals surface area contributed by atoms with Gasteiger partial charge in [0.1, 0.15) is 18.8 Å². The van der Waals surface area contributed by atoms with Crippen molar-refractivity contribution in [3.63, 3.8) is 0 Å². The Hall–Kier alpha value is -1.59. The van der Waals surface area contributed by atoms with Crippen LogP contribution in [-0.2, 0) is 23.9 Å². The van der Waals surface area contributed by atoms with Crippen LogP contribution in [0.15, 0.2) is 0 Å². The van der Waals surface area contributed by atoms with Crippen molar-refractivity contribution in [2.24, 2.45) is 5.92 Å². The lowest BCUT2D eigenvalue weighted by Gasteiger charge is -2.37. The predicted octanol–water partition coefficient (Wildman–Crippen LogP) is 5.47. The molecule has 0 spiro atoms. The largest absolute Gasteiger partial charge is 0.461 e. The number of rotatable bonds is 21. The van der Waals surface area contributed by atoms with Gasteiger partial charge in [0.15, 0.2) is 0 Å². The van der Waals surface area contributed by atoms with Gasteiger partial charge in [0, 0.05) is 6.42 Å². The van der Waals surface area contributed by atoms with E-state index in [-0.39, 0.29) is 30.6 Å². The van der Waals surface area contributed by atoms with Crippen LogP contribution < -0.4 is 5.32 Å². The third-order valence-electron chi connectivity index (χ3n) is 6.14. The summed E-state index contributed by atoms with van der Waals surface area (Å²) in [6.07, 6.45) is 18.0. The van der Waals surface area contributed by atoms with Crippen molar-refractivity contribution in [1.82, 2.24) is 5.32 Å². The lowest BCUT2D eigenvalue weighted by atomic mass is 9.86. The molecule has 0 saturated carbocycles. The number of cyclic esters (lactones) is 1. The first-order chi connectivity index (χ1) is 15.1. The van der Waals surface area contributed by atoms with Crippen molar-refractivity contribution in [2.45, 2.75) is 129 Å². The smallest absolute Gasteiger partial charge is 0.325 e. The third kappa shape index (κ3) is 12.8. The van der Waals surface area contributed by atoms with E-state index in [0.717, 1.165) is 38.5 Å². The molecule has 0 aromatic heterocycles. The summed E-state index contributed by atoms with van der Waals surface area (Å²) in [4.78, 5) is 34.3. The lowest BCUT2D eigenvalue weighted by Crippen LogP contribution is -2.47. The van der Waals surface area contributed by atoms with Crippen molar-refractivity contribution < 1.29 is 23.9 Å². The maximum absolute atomic E-state index is 12.0. The first-order valence-corrected chi connectivity index (χ1v) is 12.7. The average Bonchev–Trinajstić information content (AvgIpc) is 2.75. The molecule has 1 amide bonds. The Bertz CT molecular complexity index is 496. The van der Waals surface area contributed by atoms with Gasteiger partial charge in [-0.3, -0.25) is 14.4 Å². The molecular formula is C25H45NO5. The molecule has 0 radical (unpaired) electrons. The van der Waals surface area contributed by atoms with E-state index in [1.165, 1.54) is 57.8 Å². The highest BCUT2D eigenvalue weighted by Gasteiger charge is 2.43. The molecule has 1 saturated heterocycles. The van der Waals surface area contributed by atoms with Gasteiger partial charge in [-0.15, -0.1) is 0 Å². The van der Waals surface area contributed by atoms with E-state index >= 15 is 0 Å². The van der Waals surface area contributed by atoms with Crippen LogP contribution in [-0.4, -0.2) is 37.1 Å². The molecular weight excluding hydrogens is 394 g/mol. The summed E-state index contributed by atoms with van der Waals surface area (Å²) in [5, 5.41) is 2.35. The molecule has 180 valence electrons. The van der Waals surface area contributed by atoms with Crippen molar-refractivity contribution in [3.05, 3.63) is 0 Å². The quantitative estimate of drug-likeness (QED) is 0.146. The molecule has 1 heterocycles. The van der Waals surface area contributed by atoms with Crippen molar-refractivity contribution in [2.75, 3.05) is 6.54 Å². The van der Waals surface area contributed by atoms with E-state index in [1.54, 1.807) is 0 Å². The van der Waals surface area contributed by atoms with E-state index in [4.69, 9.17) is 9.47 Å². The normalized spacial score (nSPS) is 18.7. The van der Waals surface area contributed by atoms with Crippen LogP contribution in [0.5, 0.6) is 0 Å². The highest BCUT2D eigenvalue weighted by molar-refractivity contribution is 5.78. The van der Waals surface area contributed by atoms with Gasteiger partial charge in [0.05, 0.1) is 5.92 Å². The van der Waals surface area contributed by atoms with Crippen molar-refractivity contribution in [3.8, 4) is 0 Å². The SMILES string of the molecule is CCCCCCCCCCCC(C[C@@H]1OC(=O)[C@@H]1CCCCCC)OC(=O)CNC=O. The highest BCUT2D eigenvalue weighted by atomic mass is 16.6. The molecule has 1 rings (SSSR count). The Kier molecular flexibility index (Phi) is 16.0. The number of esters is 2. The van der Waals surface area contributed by atoms with Crippen LogP contribution in [0.25, 0.3) is 0 Å². The van der Waals surface area contributed by atoms with Crippen LogP contribution in [0.3, 0.4) is 0 Å². The van der Waals surface area contributed by atoms with Gasteiger partial charge in [0.25, 0.3) is 0 Å². The van der Waals surface area contributed by atoms with Crippen LogP contribution in [0.4, 0.5) is 0 Å². The highest BCUT2D eigenvalue weighted by Crippen LogP contribution is 2.32. The summed E-state index contributed by atoms with van der Waals surface area (Å²) in [6.45, 7) is 4.28. The number of hydrogen-bond donors (Lipinski definition) is 1. The van der Waals surface area contributed by atoms with E-state index < -0.39 is 5.97 Å². The van der Waals surface area contributed by atoms with E-state index in [9.17, 15) is 14.4 Å². The first-order valence-electron chi connectivity index (χ1n) is 12.7. The molecule has 1 unspecified atom stereocenters. The summed E-state index contributed by atoms with van der Waals surface area (Å²) in [5.41, 5.74) is 0. The molecule has 6 heteroatoms. The fraction of sp³-hybridized carbons (Fsp3) is 0.880. The van der Waals surface area contributed by atoms with Gasteiger partial charge in [0.2, 0.25) is 6.41 Å². The molecule has 6 nitrogen and oxygen atoms in total. The molecule has 0 aromatic carbocycles. The maximum Gasteiger partial charge on any atom is 0.325 e.